The molecule has 1 atom stereocenters. The van der Waals surface area contributed by atoms with Crippen LogP contribution < -0.4 is 21.0 Å². The zero-order valence-corrected chi connectivity index (χ0v) is 26.7. The molecule has 15 heteroatoms. The van der Waals surface area contributed by atoms with Crippen LogP contribution in [0.15, 0.2) is 53.6 Å². The fourth-order valence-corrected chi connectivity index (χ4v) is 6.45. The third-order valence-corrected chi connectivity index (χ3v) is 9.24. The van der Waals surface area contributed by atoms with E-state index in [0.717, 1.165) is 38.1 Å². The average molecular weight is 670 g/mol. The Morgan fingerprint density at radius 1 is 1.24 bits per heavy atom. The summed E-state index contributed by atoms with van der Waals surface area (Å²) < 4.78 is 76.6. The zero-order valence-electron chi connectivity index (χ0n) is 25.9. The molecule has 7 N–H and O–H groups in total. The molecular formula is C31H41F4N6O4S+. The molecule has 1 aliphatic rings. The largest absolute Gasteiger partial charge is 0.573 e. The molecule has 1 aromatic heterocycles. The van der Waals surface area contributed by atoms with E-state index in [2.05, 4.69) is 30.9 Å². The number of likely N-dealkylation sites (tertiary alicyclic amines) is 1. The van der Waals surface area contributed by atoms with Gasteiger partial charge in [-0.15, -0.1) is 13.2 Å². The summed E-state index contributed by atoms with van der Waals surface area (Å²) in [5, 5.41) is 2.04. The molecule has 2 heterocycles. The van der Waals surface area contributed by atoms with Crippen molar-refractivity contribution in [1.29, 1.82) is 0 Å². The number of quaternary nitrogens is 1. The molecule has 0 aliphatic carbocycles. The first-order valence-corrected chi connectivity index (χ1v) is 16.6. The van der Waals surface area contributed by atoms with E-state index in [0.29, 0.717) is 41.8 Å². The number of aromatic nitrogens is 1. The highest BCUT2D eigenvalue weighted by Crippen LogP contribution is 2.28. The second-order valence-electron chi connectivity index (χ2n) is 11.8. The number of esters is 1. The number of carbonyl (C=O) groups is 1. The number of piperidine rings is 1. The van der Waals surface area contributed by atoms with Crippen LogP contribution in [0.3, 0.4) is 0 Å². The maximum atomic E-state index is 14.2. The summed E-state index contributed by atoms with van der Waals surface area (Å²) in [6.07, 6.45) is -1.43. The van der Waals surface area contributed by atoms with Crippen molar-refractivity contribution in [2.24, 2.45) is 17.7 Å². The van der Waals surface area contributed by atoms with Gasteiger partial charge in [0.2, 0.25) is 0 Å². The first-order valence-electron chi connectivity index (χ1n) is 14.8. The van der Waals surface area contributed by atoms with Crippen LogP contribution in [0.5, 0.6) is 5.75 Å². The van der Waals surface area contributed by atoms with Crippen molar-refractivity contribution in [3.8, 4) is 5.75 Å². The molecule has 0 bridgehead atoms. The van der Waals surface area contributed by atoms with Crippen LogP contribution in [0.25, 0.3) is 16.6 Å². The lowest BCUT2D eigenvalue weighted by atomic mass is 9.96. The number of hydrogen-bond acceptors (Lipinski definition) is 7. The number of benzene rings is 2. The molecule has 0 radical (unpaired) electrons. The number of H-pyrrole nitrogens is 1. The first kappa shape index (κ1) is 35.2. The van der Waals surface area contributed by atoms with Crippen LogP contribution >= 0.6 is 0 Å². The summed E-state index contributed by atoms with van der Waals surface area (Å²) in [4.78, 5) is 18.4. The monoisotopic (exact) mass is 669 g/mol. The molecule has 1 fully saturated rings. The lowest BCUT2D eigenvalue weighted by Gasteiger charge is -2.33. The smallest absolute Gasteiger partial charge is 0.461 e. The van der Waals surface area contributed by atoms with Crippen molar-refractivity contribution >= 4 is 38.1 Å². The van der Waals surface area contributed by atoms with Gasteiger partial charge < -0.3 is 30.1 Å². The second-order valence-corrected chi connectivity index (χ2v) is 13.9. The molecule has 1 aliphatic heterocycles. The molecule has 2 aromatic carbocycles. The molecule has 0 amide bonds. The minimum absolute atomic E-state index is 0.146. The number of ether oxygens (including phenoxy) is 2. The van der Waals surface area contributed by atoms with Gasteiger partial charge in [0.05, 0.1) is 28.1 Å². The molecular weight excluding hydrogens is 628 g/mol. The maximum Gasteiger partial charge on any atom is 0.573 e. The Kier molecular flexibility index (Phi) is 11.4. The molecule has 252 valence electrons. The van der Waals surface area contributed by atoms with Crippen molar-refractivity contribution in [3.63, 3.8) is 0 Å². The van der Waals surface area contributed by atoms with Crippen LogP contribution in [0.4, 0.5) is 17.6 Å². The molecule has 1 unspecified atom stereocenters. The van der Waals surface area contributed by atoms with Gasteiger partial charge in [-0.25, -0.2) is 24.0 Å². The number of alkyl halides is 3. The third-order valence-electron chi connectivity index (χ3n) is 7.53. The number of nitrogens with two attached hydrogens (primary N) is 1. The SMILES string of the molecule is C=S(=O)(NCCN1CCC(CN(N)/C=C(\[NH3+])c2c(C(=O)OCC(C)C)[nH]c3ccc(F)cc23)CC1)c1ccc(OC(F)(F)F)cc1. The fourth-order valence-electron chi connectivity index (χ4n) is 5.29. The van der Waals surface area contributed by atoms with E-state index in [-0.39, 0.29) is 29.0 Å². The topological polar surface area (TPSA) is 141 Å². The number of carbonyl (C=O) groups excluding carboxylic acids is 1. The summed E-state index contributed by atoms with van der Waals surface area (Å²) in [7, 11) is -2.91. The third kappa shape index (κ3) is 9.69. The predicted molar refractivity (Wildman–Crippen MR) is 169 cm³/mol. The van der Waals surface area contributed by atoms with Crippen molar-refractivity contribution in [2.75, 3.05) is 39.3 Å². The molecule has 3 aromatic rings. The van der Waals surface area contributed by atoms with Crippen LogP contribution in [-0.4, -0.2) is 76.6 Å². The molecule has 0 saturated carbocycles. The summed E-state index contributed by atoms with van der Waals surface area (Å²) >= 11 is 0. The van der Waals surface area contributed by atoms with Crippen LogP contribution in [0, 0.1) is 17.7 Å². The molecule has 0 spiro atoms. The van der Waals surface area contributed by atoms with Crippen LogP contribution in [-0.2, 0) is 14.4 Å². The van der Waals surface area contributed by atoms with Gasteiger partial charge in [-0.3, -0.25) is 0 Å². The summed E-state index contributed by atoms with van der Waals surface area (Å²) in [5.74, 6) is 9.12. The Morgan fingerprint density at radius 3 is 2.54 bits per heavy atom. The number of hydrazine groups is 1. The summed E-state index contributed by atoms with van der Waals surface area (Å²) in [6.45, 7) is 7.20. The van der Waals surface area contributed by atoms with E-state index >= 15 is 0 Å². The van der Waals surface area contributed by atoms with E-state index in [1.54, 1.807) is 12.3 Å². The highest BCUT2D eigenvalue weighted by atomic mass is 32.2. The van der Waals surface area contributed by atoms with E-state index in [1.165, 1.54) is 29.3 Å². The quantitative estimate of drug-likeness (QED) is 0.0715. The van der Waals surface area contributed by atoms with Crippen molar-refractivity contribution in [3.05, 3.63) is 65.7 Å². The number of nitrogens with zero attached hydrogens (tertiary/aromatic N) is 2. The Hall–Kier alpha value is -3.63. The van der Waals surface area contributed by atoms with Crippen LogP contribution in [0.2, 0.25) is 0 Å². The number of hydrogen-bond donors (Lipinski definition) is 4. The Labute approximate surface area is 265 Å². The van der Waals surface area contributed by atoms with Gasteiger partial charge in [-0.2, -0.15) is 0 Å². The van der Waals surface area contributed by atoms with Gasteiger partial charge in [-0.05, 0) is 86.1 Å². The van der Waals surface area contributed by atoms with E-state index < -0.39 is 33.6 Å². The Morgan fingerprint density at radius 2 is 1.91 bits per heavy atom. The Bertz CT molecular complexity index is 1630. The molecule has 10 nitrogen and oxygen atoms in total. The van der Waals surface area contributed by atoms with E-state index in [1.807, 2.05) is 13.8 Å². The highest BCUT2D eigenvalue weighted by molar-refractivity contribution is 7.98. The number of nitrogens with one attached hydrogen (secondary N) is 2. The fraction of sp³-hybridized carbons (Fsp3) is 0.419. The second kappa shape index (κ2) is 14.9. The lowest BCUT2D eigenvalue weighted by Crippen LogP contribution is -2.48. The maximum absolute atomic E-state index is 14.2. The van der Waals surface area contributed by atoms with Crippen molar-refractivity contribution in [1.82, 2.24) is 19.6 Å². The lowest BCUT2D eigenvalue weighted by molar-refractivity contribution is -0.274. The number of halogens is 4. The zero-order chi connectivity index (χ0) is 33.6. The molecule has 1 saturated heterocycles. The number of aromatic amines is 1. The van der Waals surface area contributed by atoms with E-state index in [4.69, 9.17) is 10.6 Å². The number of fused-ring (bicyclic) bond motifs is 1. The standard InChI is InChI=1S/C31H40F4N6O4S/c1-20(2)19-44-30(42)29-28(25-16-22(32)4-9-27(25)39-29)26(36)18-41(37)17-21-10-13-40(14-11-21)15-12-38-46(3,43)24-7-5-23(6-8-24)45-31(33,34)35/h4-9,16,18,20-21,39H,3,10-15,17,19,36-37H2,1-2H3,(H,38,43)/p+1/b26-18-. The predicted octanol–water partition coefficient (Wildman–Crippen LogP) is 3.73. The minimum atomic E-state index is -4.80. The summed E-state index contributed by atoms with van der Waals surface area (Å²) in [6, 6.07) is 9.04. The summed E-state index contributed by atoms with van der Waals surface area (Å²) in [5.41, 5.74) is 5.78. The number of rotatable bonds is 13. The normalized spacial score (nSPS) is 16.5. The van der Waals surface area contributed by atoms with Crippen LogP contribution in [0.1, 0.15) is 42.7 Å². The van der Waals surface area contributed by atoms with Crippen molar-refractivity contribution in [2.45, 2.75) is 37.9 Å². The average Bonchev–Trinajstić information content (AvgIpc) is 3.35. The molecule has 46 heavy (non-hydrogen) atoms. The van der Waals surface area contributed by atoms with Gasteiger partial charge in [-0.1, -0.05) is 13.8 Å². The molecule has 4 rings (SSSR count). The Balaban J connectivity index is 1.29. The minimum Gasteiger partial charge on any atom is -0.461 e. The first-order chi connectivity index (χ1) is 21.6. The van der Waals surface area contributed by atoms with Gasteiger partial charge in [0.15, 0.2) is 5.70 Å². The van der Waals surface area contributed by atoms with Crippen molar-refractivity contribution < 1.29 is 41.8 Å². The van der Waals surface area contributed by atoms with Gasteiger partial charge in [0.25, 0.3) is 0 Å². The van der Waals surface area contributed by atoms with Gasteiger partial charge in [0.1, 0.15) is 17.3 Å². The highest BCUT2D eigenvalue weighted by Gasteiger charge is 2.31. The van der Waals surface area contributed by atoms with E-state index in [9.17, 15) is 26.6 Å². The van der Waals surface area contributed by atoms with Gasteiger partial charge >= 0.3 is 12.3 Å². The van der Waals surface area contributed by atoms with Gasteiger partial charge in [0, 0.05) is 35.4 Å².